The lowest BCUT2D eigenvalue weighted by Crippen LogP contribution is -2.34. The van der Waals surface area contributed by atoms with Gasteiger partial charge in [-0.15, -0.1) is 0 Å². The molecule has 0 bridgehead atoms. The third-order valence-corrected chi connectivity index (χ3v) is 5.32. The van der Waals surface area contributed by atoms with Crippen LogP contribution in [0.2, 0.25) is 0 Å². The van der Waals surface area contributed by atoms with E-state index in [1.54, 1.807) is 0 Å². The molecule has 1 aromatic carbocycles. The molecule has 214 valence electrons. The van der Waals surface area contributed by atoms with Gasteiger partial charge in [0.25, 0.3) is 0 Å². The third kappa shape index (κ3) is 19.9. The van der Waals surface area contributed by atoms with Crippen molar-refractivity contribution in [1.82, 2.24) is 14.7 Å². The smallest absolute Gasteiger partial charge is 0.323 e. The fourth-order valence-electron chi connectivity index (χ4n) is 2.77. The van der Waals surface area contributed by atoms with Gasteiger partial charge in [-0.25, -0.2) is 0 Å². The van der Waals surface area contributed by atoms with Crippen LogP contribution in [0, 0.1) is 0 Å². The van der Waals surface area contributed by atoms with Gasteiger partial charge < -0.3 is 24.6 Å². The van der Waals surface area contributed by atoms with E-state index in [9.17, 15) is 28.8 Å². The zero-order chi connectivity index (χ0) is 31.6. The zero-order valence-electron chi connectivity index (χ0n) is 25.6. The lowest BCUT2D eigenvalue weighted by atomic mass is 10.4. The second kappa shape index (κ2) is 22.9. The molecule has 0 aliphatic rings. The fraction of sp³-hybridized carbons (Fsp3) is 0.556. The number of thioether (sulfide) groups is 1. The molecule has 38 heavy (non-hydrogen) atoms. The number of hydrogen-bond donors (Lipinski definition) is 1. The summed E-state index contributed by atoms with van der Waals surface area (Å²) in [4.78, 5) is 70.3. The molecule has 0 saturated carbocycles. The fourth-order valence-corrected chi connectivity index (χ4v) is 3.55. The minimum absolute atomic E-state index is 0.0727. The topological polar surface area (TPSA) is 132 Å². The van der Waals surface area contributed by atoms with Crippen molar-refractivity contribution >= 4 is 46.9 Å². The maximum absolute atomic E-state index is 11.8. The zero-order valence-corrected chi connectivity index (χ0v) is 23.4. The predicted octanol–water partition coefficient (Wildman–Crippen LogP) is 3.34. The normalized spacial score (nSPS) is 10.6. The molecule has 1 rings (SSSR count). The largest absolute Gasteiger partial charge is 0.480 e. The van der Waals surface area contributed by atoms with Crippen LogP contribution < -0.4 is 0 Å². The summed E-state index contributed by atoms with van der Waals surface area (Å²) in [7, 11) is 0. The van der Waals surface area contributed by atoms with Crippen molar-refractivity contribution < 1.29 is 38.0 Å². The predicted molar refractivity (Wildman–Crippen MR) is 149 cm³/mol. The highest BCUT2D eigenvalue weighted by Crippen LogP contribution is 2.18. The first-order valence-electron chi connectivity index (χ1n) is 14.3. The average Bonchev–Trinajstić information content (AvgIpc) is 2.96. The van der Waals surface area contributed by atoms with Crippen molar-refractivity contribution in [3.8, 4) is 0 Å². The minimum Gasteiger partial charge on any atom is -0.480 e. The molecule has 1 aromatic rings. The molecule has 11 heteroatoms. The molecule has 0 heterocycles. The number of nitrogens with zero attached hydrogens (tertiary/aromatic N) is 3. The van der Waals surface area contributed by atoms with E-state index in [4.69, 9.17) is 9.22 Å². The first-order valence-corrected chi connectivity index (χ1v) is 13.0. The van der Waals surface area contributed by atoms with E-state index in [2.05, 4.69) is 0 Å². The van der Waals surface area contributed by atoms with Crippen LogP contribution in [0.3, 0.4) is 0 Å². The van der Waals surface area contributed by atoms with Crippen LogP contribution in [0.25, 0.3) is 0 Å². The van der Waals surface area contributed by atoms with Crippen molar-refractivity contribution in [2.45, 2.75) is 65.6 Å². The standard InChI is InChI=1S/C13H17NO2S.C7H13NO3.C7H13NO2/c1-3-9-14(11(2)15)10-13(16)17-12-7-5-4-6-8-12;1-3-4-8(6(2)9)5-7(10)11;1-3-4-8(5-6-9)7(2)10/h4-8H,3,9-10H2,1-2H3;3-5H2,1-2H3,(H,10,11);6H,3-5H2,1-2H3/i3*2T. The van der Waals surface area contributed by atoms with Gasteiger partial charge in [0.1, 0.15) is 12.8 Å². The van der Waals surface area contributed by atoms with Gasteiger partial charge in [0, 0.05) is 49.3 Å². The monoisotopic (exact) mass is 559 g/mol. The summed E-state index contributed by atoms with van der Waals surface area (Å²) < 4.78 is 20.6. The Morgan fingerprint density at radius 2 is 1.24 bits per heavy atom. The second-order valence-corrected chi connectivity index (χ2v) is 8.95. The molecule has 0 unspecified atom stereocenters. The highest BCUT2D eigenvalue weighted by atomic mass is 32.2. The van der Waals surface area contributed by atoms with Crippen LogP contribution in [0.4, 0.5) is 0 Å². The van der Waals surface area contributed by atoms with Crippen LogP contribution in [-0.2, 0) is 28.8 Å². The Bertz CT molecular complexity index is 927. The third-order valence-electron chi connectivity index (χ3n) is 4.45. The van der Waals surface area contributed by atoms with Crippen LogP contribution in [0.1, 0.15) is 64.8 Å². The number of carboxylic acids is 1. The molecule has 0 atom stereocenters. The first kappa shape index (κ1) is 31.0. The number of carbonyl (C=O) groups excluding carboxylic acids is 5. The molecular formula is C27H43N3O7S. The SMILES string of the molecule is [3H]CC(=O)N(CC=O)CCC.[3H]CC(=O)N(CCC)CC(=O)O.[3H]CC(=O)N(CCC)CC(=O)Sc1ccccc1. The van der Waals surface area contributed by atoms with E-state index in [0.29, 0.717) is 32.3 Å². The molecule has 1 N–H and O–H groups in total. The Labute approximate surface area is 234 Å². The number of amides is 3. The van der Waals surface area contributed by atoms with Crippen molar-refractivity contribution in [2.75, 3.05) is 39.3 Å². The van der Waals surface area contributed by atoms with Gasteiger partial charge in [0.2, 0.25) is 22.8 Å². The van der Waals surface area contributed by atoms with Gasteiger partial charge in [-0.3, -0.25) is 24.0 Å². The van der Waals surface area contributed by atoms with Gasteiger partial charge in [-0.1, -0.05) is 50.7 Å². The molecule has 0 aromatic heterocycles. The van der Waals surface area contributed by atoms with Gasteiger partial charge in [0.15, 0.2) is 0 Å². The van der Waals surface area contributed by atoms with Gasteiger partial charge >= 0.3 is 5.97 Å². The number of benzene rings is 1. The number of carbonyl (C=O) groups is 6. The maximum Gasteiger partial charge on any atom is 0.323 e. The number of carboxylic acid groups (broad SMARTS) is 1. The number of aliphatic carboxylic acids is 1. The molecule has 0 aliphatic carbocycles. The minimum atomic E-state index is -1.04. The quantitative estimate of drug-likeness (QED) is 0.287. The summed E-state index contributed by atoms with van der Waals surface area (Å²) in [6, 6.07) is 9.35. The number of rotatable bonds is 13. The van der Waals surface area contributed by atoms with Crippen LogP contribution >= 0.6 is 11.8 Å². The molecule has 0 spiro atoms. The highest BCUT2D eigenvalue weighted by Gasteiger charge is 2.13. The van der Waals surface area contributed by atoms with Gasteiger partial charge in [-0.05, 0) is 31.4 Å². The Morgan fingerprint density at radius 1 is 0.789 bits per heavy atom. The molecule has 0 radical (unpaired) electrons. The van der Waals surface area contributed by atoms with E-state index in [-0.39, 0.29) is 57.3 Å². The Morgan fingerprint density at radius 3 is 1.66 bits per heavy atom. The second-order valence-electron chi connectivity index (χ2n) is 7.82. The van der Waals surface area contributed by atoms with E-state index in [0.717, 1.165) is 29.5 Å². The average molecular weight is 560 g/mol. The van der Waals surface area contributed by atoms with E-state index >= 15 is 0 Å². The van der Waals surface area contributed by atoms with Crippen molar-refractivity contribution in [1.29, 1.82) is 0 Å². The molecular weight excluding hydrogens is 510 g/mol. The summed E-state index contributed by atoms with van der Waals surface area (Å²) >= 11 is 1.13. The van der Waals surface area contributed by atoms with Crippen LogP contribution in [0.15, 0.2) is 35.2 Å². The molecule has 10 nitrogen and oxygen atoms in total. The Balaban J connectivity index is 0. The summed E-state index contributed by atoms with van der Waals surface area (Å²) in [6.45, 7) is 6.16. The molecule has 0 fully saturated rings. The van der Waals surface area contributed by atoms with Crippen LogP contribution in [-0.4, -0.2) is 94.2 Å². The molecule has 0 saturated heterocycles. The lowest BCUT2D eigenvalue weighted by molar-refractivity contribution is -0.143. The van der Waals surface area contributed by atoms with E-state index in [1.165, 1.54) is 14.7 Å². The summed E-state index contributed by atoms with van der Waals surface area (Å²) in [5.41, 5.74) is 0. The van der Waals surface area contributed by atoms with Crippen molar-refractivity contribution in [3.05, 3.63) is 30.3 Å². The summed E-state index contributed by atoms with van der Waals surface area (Å²) in [5, 5.41) is 8.33. The Hall–Kier alpha value is -3.21. The van der Waals surface area contributed by atoms with Crippen LogP contribution in [0.5, 0.6) is 0 Å². The highest BCUT2D eigenvalue weighted by molar-refractivity contribution is 8.13. The number of hydrogen-bond acceptors (Lipinski definition) is 7. The summed E-state index contributed by atoms with van der Waals surface area (Å²) in [6.07, 6.45) is 3.00. The molecule has 3 amide bonds. The van der Waals surface area contributed by atoms with Crippen molar-refractivity contribution in [3.63, 3.8) is 0 Å². The molecule has 0 aliphatic heterocycles. The van der Waals surface area contributed by atoms with E-state index < -0.39 is 11.9 Å². The number of aldehydes is 1. The lowest BCUT2D eigenvalue weighted by Gasteiger charge is -2.18. The van der Waals surface area contributed by atoms with Gasteiger partial charge in [0.05, 0.1) is 13.1 Å². The first-order chi connectivity index (χ1) is 19.5. The van der Waals surface area contributed by atoms with E-state index in [1.807, 2.05) is 51.1 Å². The summed E-state index contributed by atoms with van der Waals surface area (Å²) in [5.74, 6) is -2.04. The van der Waals surface area contributed by atoms with Gasteiger partial charge in [-0.2, -0.15) is 0 Å². The maximum atomic E-state index is 11.8. The van der Waals surface area contributed by atoms with Crippen molar-refractivity contribution in [2.24, 2.45) is 0 Å². The Kier molecular flexibility index (Phi) is 18.7.